The van der Waals surface area contributed by atoms with Gasteiger partial charge in [-0.2, -0.15) is 4.98 Å². The second kappa shape index (κ2) is 7.76. The Morgan fingerprint density at radius 2 is 2.35 bits per heavy atom. The Kier molecular flexibility index (Phi) is 5.03. The number of rotatable bonds is 6. The minimum Gasteiger partial charge on any atom is -0.368 e. The highest BCUT2D eigenvalue weighted by Gasteiger charge is 2.23. The Balaban J connectivity index is 1.32. The van der Waals surface area contributed by atoms with Crippen molar-refractivity contribution in [1.29, 1.82) is 0 Å². The second-order valence-corrected chi connectivity index (χ2v) is 6.87. The third-order valence-electron chi connectivity index (χ3n) is 4.13. The first-order chi connectivity index (χ1) is 12.8. The molecule has 4 rings (SSSR count). The smallest absolute Gasteiger partial charge is 0.255 e. The van der Waals surface area contributed by atoms with Crippen LogP contribution in [0.2, 0.25) is 0 Å². The molecule has 2 aromatic heterocycles. The maximum absolute atomic E-state index is 12.4. The summed E-state index contributed by atoms with van der Waals surface area (Å²) in [7, 11) is 0. The van der Waals surface area contributed by atoms with Crippen LogP contribution in [0.4, 0.5) is 0 Å². The highest BCUT2D eigenvalue weighted by atomic mass is 32.1. The molecule has 1 N–H and O–H groups in total. The molecule has 0 spiro atoms. The number of hydrogen-bond donors (Lipinski definition) is 1. The van der Waals surface area contributed by atoms with E-state index in [1.807, 2.05) is 23.6 Å². The van der Waals surface area contributed by atoms with Crippen molar-refractivity contribution in [3.05, 3.63) is 53.1 Å². The Bertz CT molecular complexity index is 872. The van der Waals surface area contributed by atoms with Crippen molar-refractivity contribution in [2.75, 3.05) is 13.2 Å². The monoisotopic (exact) mass is 370 g/mol. The molecule has 0 bridgehead atoms. The summed E-state index contributed by atoms with van der Waals surface area (Å²) in [5, 5.41) is 9.65. The van der Waals surface area contributed by atoms with Crippen molar-refractivity contribution in [2.24, 2.45) is 0 Å². The summed E-state index contributed by atoms with van der Waals surface area (Å²) in [4.78, 5) is 21.0. The van der Waals surface area contributed by atoms with Crippen molar-refractivity contribution in [3.8, 4) is 10.6 Å². The number of thiazole rings is 1. The molecule has 1 atom stereocenters. The van der Waals surface area contributed by atoms with E-state index in [1.165, 1.54) is 0 Å². The number of carbonyl (C=O) groups is 1. The Labute approximate surface area is 154 Å². The van der Waals surface area contributed by atoms with Gasteiger partial charge >= 0.3 is 0 Å². The number of nitrogens with zero attached hydrogens (tertiary/aromatic N) is 3. The number of benzene rings is 1. The van der Waals surface area contributed by atoms with Gasteiger partial charge in [-0.3, -0.25) is 4.79 Å². The van der Waals surface area contributed by atoms with Crippen LogP contribution in [-0.4, -0.2) is 34.2 Å². The molecule has 1 saturated heterocycles. The summed E-state index contributed by atoms with van der Waals surface area (Å²) in [6.45, 7) is 1.17. The van der Waals surface area contributed by atoms with E-state index < -0.39 is 0 Å². The number of amides is 1. The first kappa shape index (κ1) is 16.9. The van der Waals surface area contributed by atoms with E-state index in [-0.39, 0.29) is 12.0 Å². The molecule has 7 nitrogen and oxygen atoms in total. The number of ether oxygens (including phenoxy) is 1. The fraction of sp³-hybridized carbons (Fsp3) is 0.333. The van der Waals surface area contributed by atoms with Crippen molar-refractivity contribution in [3.63, 3.8) is 0 Å². The van der Waals surface area contributed by atoms with Gasteiger partial charge in [0.15, 0.2) is 5.82 Å². The third-order valence-corrected chi connectivity index (χ3v) is 4.95. The fourth-order valence-corrected chi connectivity index (χ4v) is 3.46. The van der Waals surface area contributed by atoms with Crippen LogP contribution in [0.15, 0.2) is 40.4 Å². The zero-order valence-electron chi connectivity index (χ0n) is 14.1. The van der Waals surface area contributed by atoms with Crippen molar-refractivity contribution >= 4 is 17.2 Å². The Hall–Kier alpha value is -2.58. The minimum absolute atomic E-state index is 0.0838. The van der Waals surface area contributed by atoms with Crippen LogP contribution in [0, 0.1) is 0 Å². The molecule has 1 aromatic carbocycles. The normalized spacial score (nSPS) is 16.7. The molecule has 3 aromatic rings. The fourth-order valence-electron chi connectivity index (χ4n) is 2.82. The van der Waals surface area contributed by atoms with E-state index in [1.54, 1.807) is 23.6 Å². The molecule has 8 heteroatoms. The highest BCUT2D eigenvalue weighted by molar-refractivity contribution is 7.13. The molecule has 0 radical (unpaired) electrons. The zero-order valence-corrected chi connectivity index (χ0v) is 14.9. The first-order valence-corrected chi connectivity index (χ1v) is 9.40. The van der Waals surface area contributed by atoms with Gasteiger partial charge in [0, 0.05) is 42.3 Å². The molecule has 1 fully saturated rings. The van der Waals surface area contributed by atoms with Crippen molar-refractivity contribution in [1.82, 2.24) is 20.4 Å². The van der Waals surface area contributed by atoms with Crippen LogP contribution in [0.25, 0.3) is 10.6 Å². The standard InChI is InChI=1S/C18H18N4O3S/c23-16(12-3-1-4-13(11-12)18-20-8-10-26-18)19-7-6-15-21-17(25-22-15)14-5-2-9-24-14/h1,3-4,8,10-11,14H,2,5-7,9H2,(H,19,23)/t14-/m1/s1. The summed E-state index contributed by atoms with van der Waals surface area (Å²) >= 11 is 1.54. The van der Waals surface area contributed by atoms with E-state index in [0.29, 0.717) is 30.2 Å². The summed E-state index contributed by atoms with van der Waals surface area (Å²) < 4.78 is 10.8. The van der Waals surface area contributed by atoms with E-state index >= 15 is 0 Å². The lowest BCUT2D eigenvalue weighted by molar-refractivity contribution is 0.0835. The Morgan fingerprint density at radius 1 is 1.38 bits per heavy atom. The molecule has 26 heavy (non-hydrogen) atoms. The number of carbonyl (C=O) groups excluding carboxylic acids is 1. The summed E-state index contributed by atoms with van der Waals surface area (Å²) in [5.41, 5.74) is 1.54. The SMILES string of the molecule is O=C(NCCc1noc([C@H]2CCCO2)n1)c1cccc(-c2nccs2)c1. The molecule has 1 amide bonds. The molecule has 1 aliphatic heterocycles. The topological polar surface area (TPSA) is 90.1 Å². The highest BCUT2D eigenvalue weighted by Crippen LogP contribution is 2.27. The first-order valence-electron chi connectivity index (χ1n) is 8.52. The number of hydrogen-bond acceptors (Lipinski definition) is 7. The summed E-state index contributed by atoms with van der Waals surface area (Å²) in [6, 6.07) is 7.44. The van der Waals surface area contributed by atoms with Gasteiger partial charge in [0.2, 0.25) is 0 Å². The zero-order chi connectivity index (χ0) is 17.8. The van der Waals surface area contributed by atoms with Crippen LogP contribution < -0.4 is 5.32 Å². The van der Waals surface area contributed by atoms with Gasteiger partial charge < -0.3 is 14.6 Å². The van der Waals surface area contributed by atoms with Gasteiger partial charge in [-0.25, -0.2) is 4.98 Å². The maximum Gasteiger partial charge on any atom is 0.255 e. The van der Waals surface area contributed by atoms with E-state index in [4.69, 9.17) is 9.26 Å². The van der Waals surface area contributed by atoms with Gasteiger partial charge in [-0.1, -0.05) is 17.3 Å². The lowest BCUT2D eigenvalue weighted by Crippen LogP contribution is -2.26. The summed E-state index contributed by atoms with van der Waals surface area (Å²) in [5.74, 6) is 0.971. The molecule has 0 aliphatic carbocycles. The van der Waals surface area contributed by atoms with Gasteiger partial charge in [-0.15, -0.1) is 11.3 Å². The third kappa shape index (κ3) is 3.81. The van der Waals surface area contributed by atoms with E-state index in [0.717, 1.165) is 30.0 Å². The molecule has 1 aliphatic rings. The van der Waals surface area contributed by atoms with Crippen molar-refractivity contribution in [2.45, 2.75) is 25.4 Å². The van der Waals surface area contributed by atoms with Crippen LogP contribution in [-0.2, 0) is 11.2 Å². The van der Waals surface area contributed by atoms with Gasteiger partial charge in [-0.05, 0) is 25.0 Å². The largest absolute Gasteiger partial charge is 0.368 e. The Morgan fingerprint density at radius 3 is 3.15 bits per heavy atom. The average Bonchev–Trinajstić information content (AvgIpc) is 3.43. The van der Waals surface area contributed by atoms with Crippen molar-refractivity contribution < 1.29 is 14.1 Å². The van der Waals surface area contributed by atoms with Gasteiger partial charge in [0.25, 0.3) is 11.8 Å². The van der Waals surface area contributed by atoms with Crippen LogP contribution >= 0.6 is 11.3 Å². The molecular formula is C18H18N4O3S. The summed E-state index contributed by atoms with van der Waals surface area (Å²) in [6.07, 6.45) is 4.10. The lowest BCUT2D eigenvalue weighted by Gasteiger charge is -2.05. The minimum atomic E-state index is -0.133. The lowest BCUT2D eigenvalue weighted by atomic mass is 10.1. The predicted octanol–water partition coefficient (Wildman–Crippen LogP) is 3.02. The number of nitrogens with one attached hydrogen (secondary N) is 1. The van der Waals surface area contributed by atoms with Crippen LogP contribution in [0.3, 0.4) is 0 Å². The van der Waals surface area contributed by atoms with Crippen LogP contribution in [0.5, 0.6) is 0 Å². The predicted molar refractivity (Wildman–Crippen MR) is 95.8 cm³/mol. The molecule has 3 heterocycles. The quantitative estimate of drug-likeness (QED) is 0.717. The van der Waals surface area contributed by atoms with E-state index in [2.05, 4.69) is 20.4 Å². The molecule has 0 saturated carbocycles. The molecule has 0 unspecified atom stereocenters. The van der Waals surface area contributed by atoms with Gasteiger partial charge in [0.05, 0.1) is 0 Å². The molecular weight excluding hydrogens is 352 g/mol. The maximum atomic E-state index is 12.4. The average molecular weight is 370 g/mol. The van der Waals surface area contributed by atoms with E-state index in [9.17, 15) is 4.79 Å². The number of aromatic nitrogens is 3. The van der Waals surface area contributed by atoms with Gasteiger partial charge in [0.1, 0.15) is 11.1 Å². The molecule has 134 valence electrons. The second-order valence-electron chi connectivity index (χ2n) is 5.97. The van der Waals surface area contributed by atoms with Crippen LogP contribution in [0.1, 0.15) is 41.0 Å².